The molecule has 3 rings (SSSR count). The molecule has 2 aromatic carbocycles. The summed E-state index contributed by atoms with van der Waals surface area (Å²) in [6.07, 6.45) is -0.281. The standard InChI is InChI=1S/C20H21N2O3PS/c1-13(25-26(2)24)14-5-7-15(8-6-14)20(23)22-18-12-16(9-10-17(18)21)19-4-3-11-27-19/h3-13,26H,21H2,1-2H3,(H,22,23). The Kier molecular flexibility index (Phi) is 6.11. The maximum atomic E-state index is 12.6. The Hall–Kier alpha value is -2.40. The molecule has 3 aromatic rings. The number of amides is 1. The fourth-order valence-electron chi connectivity index (χ4n) is 2.68. The van der Waals surface area contributed by atoms with Crippen LogP contribution in [0.1, 0.15) is 28.9 Å². The normalized spacial score (nSPS) is 13.1. The zero-order valence-electron chi connectivity index (χ0n) is 15.1. The lowest BCUT2D eigenvalue weighted by Crippen LogP contribution is -2.13. The number of benzene rings is 2. The number of hydrogen-bond acceptors (Lipinski definition) is 5. The molecule has 2 atom stereocenters. The first-order valence-electron chi connectivity index (χ1n) is 8.46. The SMILES string of the molecule is CC(O[PH](C)=O)c1ccc(C(=O)Nc2cc(-c3cccs3)ccc2N)cc1. The molecule has 140 valence electrons. The Morgan fingerprint density at radius 2 is 1.93 bits per heavy atom. The zero-order valence-corrected chi connectivity index (χ0v) is 16.9. The molecule has 0 radical (unpaired) electrons. The maximum absolute atomic E-state index is 12.6. The van der Waals surface area contributed by atoms with Crippen LogP contribution in [0.2, 0.25) is 0 Å². The Morgan fingerprint density at radius 3 is 2.56 bits per heavy atom. The van der Waals surface area contributed by atoms with Crippen LogP contribution in [0.3, 0.4) is 0 Å². The average molecular weight is 400 g/mol. The first kappa shape index (κ1) is 19.4. The van der Waals surface area contributed by atoms with E-state index in [0.717, 1.165) is 16.0 Å². The Bertz CT molecular complexity index is 956. The number of thiophene rings is 1. The summed E-state index contributed by atoms with van der Waals surface area (Å²) in [5, 5.41) is 4.88. The fourth-order valence-corrected chi connectivity index (χ4v) is 4.04. The van der Waals surface area contributed by atoms with Gasteiger partial charge in [-0.25, -0.2) is 0 Å². The minimum Gasteiger partial charge on any atom is -0.397 e. The molecule has 1 heterocycles. The number of hydrogen-bond donors (Lipinski definition) is 2. The van der Waals surface area contributed by atoms with Crippen molar-refractivity contribution in [3.8, 4) is 10.4 Å². The number of nitrogen functional groups attached to an aromatic ring is 1. The molecule has 0 aliphatic carbocycles. The number of nitrogens with two attached hydrogens (primary N) is 1. The smallest absolute Gasteiger partial charge is 0.255 e. The van der Waals surface area contributed by atoms with E-state index >= 15 is 0 Å². The van der Waals surface area contributed by atoms with E-state index in [9.17, 15) is 9.36 Å². The van der Waals surface area contributed by atoms with Crippen LogP contribution in [0.5, 0.6) is 0 Å². The third-order valence-corrected chi connectivity index (χ3v) is 5.70. The van der Waals surface area contributed by atoms with Crippen molar-refractivity contribution in [2.45, 2.75) is 13.0 Å². The Labute approximate surface area is 163 Å². The quantitative estimate of drug-likeness (QED) is 0.427. The van der Waals surface area contributed by atoms with Gasteiger partial charge in [0.25, 0.3) is 5.91 Å². The molecule has 0 spiro atoms. The van der Waals surface area contributed by atoms with Crippen LogP contribution < -0.4 is 11.1 Å². The highest BCUT2D eigenvalue weighted by atomic mass is 32.1. The van der Waals surface area contributed by atoms with Gasteiger partial charge in [0.1, 0.15) is 0 Å². The summed E-state index contributed by atoms with van der Waals surface area (Å²) in [5.41, 5.74) is 9.50. The summed E-state index contributed by atoms with van der Waals surface area (Å²) in [5.74, 6) is -0.241. The molecule has 1 amide bonds. The van der Waals surface area contributed by atoms with Gasteiger partial charge in [0.05, 0.1) is 17.5 Å². The molecule has 27 heavy (non-hydrogen) atoms. The predicted octanol–water partition coefficient (Wildman–Crippen LogP) is 5.43. The number of carbonyl (C=O) groups is 1. The molecule has 0 aliphatic rings. The van der Waals surface area contributed by atoms with Crippen molar-refractivity contribution < 1.29 is 13.9 Å². The van der Waals surface area contributed by atoms with Gasteiger partial charge in [-0.3, -0.25) is 9.36 Å². The van der Waals surface area contributed by atoms with Gasteiger partial charge >= 0.3 is 0 Å². The second-order valence-electron chi connectivity index (χ2n) is 6.11. The topological polar surface area (TPSA) is 81.4 Å². The summed E-state index contributed by atoms with van der Waals surface area (Å²) in [4.78, 5) is 13.7. The zero-order chi connectivity index (χ0) is 19.4. The van der Waals surface area contributed by atoms with Gasteiger partial charge in [-0.2, -0.15) is 0 Å². The highest BCUT2D eigenvalue weighted by Crippen LogP contribution is 2.31. The first-order valence-corrected chi connectivity index (χ1v) is 11.2. The van der Waals surface area contributed by atoms with Crippen molar-refractivity contribution in [3.05, 3.63) is 71.1 Å². The van der Waals surface area contributed by atoms with Gasteiger partial charge in [0, 0.05) is 17.1 Å². The number of nitrogens with one attached hydrogen (secondary N) is 1. The highest BCUT2D eigenvalue weighted by Gasteiger charge is 2.12. The van der Waals surface area contributed by atoms with Gasteiger partial charge in [-0.1, -0.05) is 24.3 Å². The van der Waals surface area contributed by atoms with Crippen molar-refractivity contribution in [3.63, 3.8) is 0 Å². The number of rotatable bonds is 6. The molecule has 0 bridgehead atoms. The van der Waals surface area contributed by atoms with E-state index in [2.05, 4.69) is 5.32 Å². The molecule has 0 aliphatic heterocycles. The second-order valence-corrected chi connectivity index (χ2v) is 8.27. The number of anilines is 2. The highest BCUT2D eigenvalue weighted by molar-refractivity contribution is 7.38. The molecular weight excluding hydrogens is 379 g/mol. The van der Waals surface area contributed by atoms with Crippen molar-refractivity contribution in [1.82, 2.24) is 0 Å². The van der Waals surface area contributed by atoms with Gasteiger partial charge < -0.3 is 15.6 Å². The van der Waals surface area contributed by atoms with Crippen LogP contribution >= 0.6 is 19.4 Å². The Balaban J connectivity index is 1.75. The van der Waals surface area contributed by atoms with Crippen molar-refractivity contribution in [2.75, 3.05) is 17.7 Å². The molecule has 5 nitrogen and oxygen atoms in total. The molecule has 0 saturated heterocycles. The summed E-state index contributed by atoms with van der Waals surface area (Å²) < 4.78 is 16.6. The molecule has 0 fully saturated rings. The van der Waals surface area contributed by atoms with E-state index in [1.165, 1.54) is 0 Å². The molecule has 0 saturated carbocycles. The molecule has 7 heteroatoms. The summed E-state index contributed by atoms with van der Waals surface area (Å²) in [6.45, 7) is 3.38. The van der Waals surface area contributed by atoms with Gasteiger partial charge in [-0.05, 0) is 53.8 Å². The minimum absolute atomic E-state index is 0.241. The van der Waals surface area contributed by atoms with Crippen LogP contribution in [0.15, 0.2) is 60.0 Å². The van der Waals surface area contributed by atoms with Crippen LogP contribution in [0.4, 0.5) is 11.4 Å². The van der Waals surface area contributed by atoms with Crippen LogP contribution in [0, 0.1) is 0 Å². The third kappa shape index (κ3) is 4.86. The molecular formula is C20H21N2O3PS. The second kappa shape index (κ2) is 8.53. The lowest BCUT2D eigenvalue weighted by atomic mass is 10.1. The monoisotopic (exact) mass is 400 g/mol. The lowest BCUT2D eigenvalue weighted by molar-refractivity contribution is 0.102. The number of carbonyl (C=O) groups excluding carboxylic acids is 1. The van der Waals surface area contributed by atoms with Crippen LogP contribution in [-0.2, 0) is 9.09 Å². The van der Waals surface area contributed by atoms with E-state index in [1.807, 2.05) is 36.6 Å². The maximum Gasteiger partial charge on any atom is 0.255 e. The minimum atomic E-state index is -2.02. The fraction of sp³-hybridized carbons (Fsp3) is 0.150. The average Bonchev–Trinajstić information content (AvgIpc) is 3.18. The lowest BCUT2D eigenvalue weighted by Gasteiger charge is -2.13. The van der Waals surface area contributed by atoms with Crippen LogP contribution in [0.25, 0.3) is 10.4 Å². The molecule has 2 unspecified atom stereocenters. The van der Waals surface area contributed by atoms with Crippen molar-refractivity contribution >= 4 is 36.6 Å². The van der Waals surface area contributed by atoms with E-state index in [-0.39, 0.29) is 12.0 Å². The van der Waals surface area contributed by atoms with E-state index < -0.39 is 8.03 Å². The van der Waals surface area contributed by atoms with E-state index in [0.29, 0.717) is 16.9 Å². The van der Waals surface area contributed by atoms with Crippen LogP contribution in [-0.4, -0.2) is 12.6 Å². The largest absolute Gasteiger partial charge is 0.397 e. The predicted molar refractivity (Wildman–Crippen MR) is 113 cm³/mol. The van der Waals surface area contributed by atoms with Gasteiger partial charge in [0.15, 0.2) is 8.03 Å². The molecule has 1 aromatic heterocycles. The first-order chi connectivity index (χ1) is 12.9. The van der Waals surface area contributed by atoms with Gasteiger partial charge in [0.2, 0.25) is 0 Å². The Morgan fingerprint density at radius 1 is 1.19 bits per heavy atom. The summed E-state index contributed by atoms with van der Waals surface area (Å²) >= 11 is 1.63. The third-order valence-electron chi connectivity index (χ3n) is 4.09. The summed E-state index contributed by atoms with van der Waals surface area (Å²) in [6, 6.07) is 16.7. The van der Waals surface area contributed by atoms with E-state index in [4.69, 9.17) is 10.3 Å². The summed E-state index contributed by atoms with van der Waals surface area (Å²) in [7, 11) is -2.02. The molecule has 3 N–H and O–H groups in total. The van der Waals surface area contributed by atoms with E-state index in [1.54, 1.807) is 48.3 Å². The van der Waals surface area contributed by atoms with Gasteiger partial charge in [-0.15, -0.1) is 11.3 Å². The van der Waals surface area contributed by atoms with Crippen molar-refractivity contribution in [1.29, 1.82) is 0 Å². The van der Waals surface area contributed by atoms with Crippen molar-refractivity contribution in [2.24, 2.45) is 0 Å².